The lowest BCUT2D eigenvalue weighted by Crippen LogP contribution is -2.35. The van der Waals surface area contributed by atoms with Crippen LogP contribution in [0.5, 0.6) is 0 Å². The van der Waals surface area contributed by atoms with Crippen molar-refractivity contribution >= 4 is 17.5 Å². The third-order valence-electron chi connectivity index (χ3n) is 5.72. The Morgan fingerprint density at radius 1 is 1.04 bits per heavy atom. The van der Waals surface area contributed by atoms with Gasteiger partial charge in [-0.15, -0.1) is 0 Å². The van der Waals surface area contributed by atoms with E-state index in [9.17, 15) is 9.59 Å². The second kappa shape index (κ2) is 6.60. The van der Waals surface area contributed by atoms with E-state index in [1.165, 1.54) is 0 Å². The van der Waals surface area contributed by atoms with Gasteiger partial charge in [-0.25, -0.2) is 0 Å². The molecule has 26 heavy (non-hydrogen) atoms. The summed E-state index contributed by atoms with van der Waals surface area (Å²) in [5, 5.41) is 0. The first-order chi connectivity index (χ1) is 12.6. The van der Waals surface area contributed by atoms with Gasteiger partial charge in [-0.05, 0) is 30.5 Å². The van der Waals surface area contributed by atoms with Crippen LogP contribution >= 0.6 is 0 Å². The van der Waals surface area contributed by atoms with Gasteiger partial charge in [-0.3, -0.25) is 9.59 Å². The second-order valence-electron chi connectivity index (χ2n) is 7.67. The highest BCUT2D eigenvalue weighted by atomic mass is 16.2. The standard InChI is InChI=1S/C22H24N2O2/c1-17-7-5-6-10-19(17)24-16-22(14-21(24)26)11-12-23(15-22)20(25)13-18-8-3-2-4-9-18/h2-10H,11-16H2,1H3/t22-/m1/s1. The van der Waals surface area contributed by atoms with Gasteiger partial charge in [0, 0.05) is 37.2 Å². The first-order valence-corrected chi connectivity index (χ1v) is 9.24. The Morgan fingerprint density at radius 3 is 2.54 bits per heavy atom. The lowest BCUT2D eigenvalue weighted by Gasteiger charge is -2.25. The summed E-state index contributed by atoms with van der Waals surface area (Å²) in [6, 6.07) is 17.9. The van der Waals surface area contributed by atoms with Crippen molar-refractivity contribution in [2.24, 2.45) is 5.41 Å². The van der Waals surface area contributed by atoms with Gasteiger partial charge < -0.3 is 9.80 Å². The highest BCUT2D eigenvalue weighted by molar-refractivity contribution is 5.97. The summed E-state index contributed by atoms with van der Waals surface area (Å²) in [5.41, 5.74) is 3.07. The number of nitrogens with zero attached hydrogens (tertiary/aromatic N) is 2. The maximum absolute atomic E-state index is 12.7. The number of aryl methyl sites for hydroxylation is 1. The molecule has 4 rings (SSSR count). The molecule has 2 saturated heterocycles. The molecule has 1 atom stereocenters. The van der Waals surface area contributed by atoms with Crippen LogP contribution in [0.15, 0.2) is 54.6 Å². The van der Waals surface area contributed by atoms with Gasteiger partial charge in [-0.2, -0.15) is 0 Å². The maximum Gasteiger partial charge on any atom is 0.227 e. The van der Waals surface area contributed by atoms with Gasteiger partial charge >= 0.3 is 0 Å². The SMILES string of the molecule is Cc1ccccc1N1C[C@]2(CCN(C(=O)Cc3ccccc3)C2)CC1=O. The number of carbonyl (C=O) groups excluding carboxylic acids is 2. The van der Waals surface area contributed by atoms with Crippen LogP contribution in [-0.4, -0.2) is 36.3 Å². The average Bonchev–Trinajstić information content (AvgIpc) is 3.19. The van der Waals surface area contributed by atoms with Crippen LogP contribution in [0, 0.1) is 12.3 Å². The molecule has 2 aliphatic rings. The number of para-hydroxylation sites is 1. The minimum atomic E-state index is -0.0916. The second-order valence-corrected chi connectivity index (χ2v) is 7.67. The van der Waals surface area contributed by atoms with Crippen molar-refractivity contribution in [1.29, 1.82) is 0 Å². The number of anilines is 1. The fraction of sp³-hybridized carbons (Fsp3) is 0.364. The first-order valence-electron chi connectivity index (χ1n) is 9.24. The van der Waals surface area contributed by atoms with E-state index in [1.54, 1.807) is 0 Å². The van der Waals surface area contributed by atoms with Crippen molar-refractivity contribution in [3.63, 3.8) is 0 Å². The lowest BCUT2D eigenvalue weighted by molar-refractivity contribution is -0.130. The van der Waals surface area contributed by atoms with Gasteiger partial charge in [0.1, 0.15) is 0 Å². The summed E-state index contributed by atoms with van der Waals surface area (Å²) in [6.07, 6.45) is 1.88. The van der Waals surface area contributed by atoms with Gasteiger partial charge in [0.2, 0.25) is 11.8 Å². The van der Waals surface area contributed by atoms with Crippen LogP contribution in [0.1, 0.15) is 24.0 Å². The number of carbonyl (C=O) groups is 2. The number of amides is 2. The zero-order valence-electron chi connectivity index (χ0n) is 15.1. The molecule has 2 aromatic rings. The number of hydrogen-bond acceptors (Lipinski definition) is 2. The fourth-order valence-corrected chi connectivity index (χ4v) is 4.29. The summed E-state index contributed by atoms with van der Waals surface area (Å²) in [7, 11) is 0. The smallest absolute Gasteiger partial charge is 0.227 e. The van der Waals surface area contributed by atoms with Gasteiger partial charge in [0.05, 0.1) is 6.42 Å². The van der Waals surface area contributed by atoms with Gasteiger partial charge in [0.15, 0.2) is 0 Å². The third-order valence-corrected chi connectivity index (χ3v) is 5.72. The Labute approximate surface area is 154 Å². The zero-order valence-corrected chi connectivity index (χ0v) is 15.1. The quantitative estimate of drug-likeness (QED) is 0.855. The van der Waals surface area contributed by atoms with Crippen LogP contribution < -0.4 is 4.90 Å². The topological polar surface area (TPSA) is 40.6 Å². The van der Waals surface area contributed by atoms with Crippen molar-refractivity contribution in [3.05, 3.63) is 65.7 Å². The van der Waals surface area contributed by atoms with Crippen LogP contribution in [0.3, 0.4) is 0 Å². The molecule has 4 nitrogen and oxygen atoms in total. The molecule has 0 saturated carbocycles. The number of benzene rings is 2. The largest absolute Gasteiger partial charge is 0.342 e. The molecular weight excluding hydrogens is 324 g/mol. The summed E-state index contributed by atoms with van der Waals surface area (Å²) >= 11 is 0. The molecule has 134 valence electrons. The maximum atomic E-state index is 12.7. The van der Waals surface area contributed by atoms with E-state index in [0.717, 1.165) is 29.8 Å². The molecule has 0 radical (unpaired) electrons. The van der Waals surface area contributed by atoms with Crippen molar-refractivity contribution < 1.29 is 9.59 Å². The molecular formula is C22H24N2O2. The van der Waals surface area contributed by atoms with Crippen LogP contribution in [0.25, 0.3) is 0 Å². The number of rotatable bonds is 3. The van der Waals surface area contributed by atoms with Gasteiger partial charge in [-0.1, -0.05) is 48.5 Å². The molecule has 2 aromatic carbocycles. The monoisotopic (exact) mass is 348 g/mol. The van der Waals surface area contributed by atoms with E-state index in [0.29, 0.717) is 25.9 Å². The average molecular weight is 348 g/mol. The Balaban J connectivity index is 1.45. The van der Waals surface area contributed by atoms with Gasteiger partial charge in [0.25, 0.3) is 0 Å². The molecule has 0 aromatic heterocycles. The highest BCUT2D eigenvalue weighted by Crippen LogP contribution is 2.42. The fourth-order valence-electron chi connectivity index (χ4n) is 4.29. The minimum absolute atomic E-state index is 0.0916. The van der Waals surface area contributed by atoms with Crippen molar-refractivity contribution in [2.75, 3.05) is 24.5 Å². The Kier molecular flexibility index (Phi) is 4.27. The zero-order chi connectivity index (χ0) is 18.1. The van der Waals surface area contributed by atoms with Crippen molar-refractivity contribution in [2.45, 2.75) is 26.2 Å². The van der Waals surface area contributed by atoms with Crippen LogP contribution in [-0.2, 0) is 16.0 Å². The van der Waals surface area contributed by atoms with E-state index < -0.39 is 0 Å². The molecule has 4 heteroatoms. The first kappa shape index (κ1) is 16.8. The predicted molar refractivity (Wildman–Crippen MR) is 102 cm³/mol. The highest BCUT2D eigenvalue weighted by Gasteiger charge is 2.48. The Hall–Kier alpha value is -2.62. The van der Waals surface area contributed by atoms with E-state index in [2.05, 4.69) is 0 Å². The normalized spacial score (nSPS) is 22.4. The summed E-state index contributed by atoms with van der Waals surface area (Å²) in [6.45, 7) is 4.19. The minimum Gasteiger partial charge on any atom is -0.342 e. The molecule has 2 fully saturated rings. The molecule has 1 spiro atoms. The van der Waals surface area contributed by atoms with E-state index in [-0.39, 0.29) is 17.2 Å². The van der Waals surface area contributed by atoms with Crippen molar-refractivity contribution in [3.8, 4) is 0 Å². The lowest BCUT2D eigenvalue weighted by atomic mass is 9.86. The predicted octanol–water partition coefficient (Wildman–Crippen LogP) is 3.19. The molecule has 0 aliphatic carbocycles. The van der Waals surface area contributed by atoms with Crippen LogP contribution in [0.4, 0.5) is 5.69 Å². The van der Waals surface area contributed by atoms with E-state index in [4.69, 9.17) is 0 Å². The Morgan fingerprint density at radius 2 is 1.77 bits per heavy atom. The molecule has 2 amide bonds. The van der Waals surface area contributed by atoms with E-state index in [1.807, 2.05) is 71.3 Å². The molecule has 0 N–H and O–H groups in total. The van der Waals surface area contributed by atoms with Crippen LogP contribution in [0.2, 0.25) is 0 Å². The molecule has 0 bridgehead atoms. The third kappa shape index (κ3) is 3.12. The Bertz CT molecular complexity index is 833. The summed E-state index contributed by atoms with van der Waals surface area (Å²) in [4.78, 5) is 29.2. The van der Waals surface area contributed by atoms with E-state index >= 15 is 0 Å². The molecule has 0 unspecified atom stereocenters. The number of hydrogen-bond donors (Lipinski definition) is 0. The summed E-state index contributed by atoms with van der Waals surface area (Å²) < 4.78 is 0. The molecule has 2 aliphatic heterocycles. The summed E-state index contributed by atoms with van der Waals surface area (Å²) in [5.74, 6) is 0.339. The van der Waals surface area contributed by atoms with Crippen molar-refractivity contribution in [1.82, 2.24) is 4.90 Å². The number of likely N-dealkylation sites (tertiary alicyclic amines) is 1. The molecule has 2 heterocycles.